The molecule has 0 aromatic rings. The van der Waals surface area contributed by atoms with E-state index < -0.39 is 12.0 Å². The number of methoxy groups -OCH3 is 1. The van der Waals surface area contributed by atoms with Gasteiger partial charge >= 0.3 is 5.97 Å². The molecule has 0 heterocycles. The van der Waals surface area contributed by atoms with Crippen molar-refractivity contribution in [3.63, 3.8) is 0 Å². The summed E-state index contributed by atoms with van der Waals surface area (Å²) in [4.78, 5) is 23.1. The van der Waals surface area contributed by atoms with Crippen molar-refractivity contribution < 1.29 is 14.3 Å². The van der Waals surface area contributed by atoms with E-state index in [1.807, 2.05) is 6.92 Å². The number of hydrogen-bond donors (Lipinski definition) is 2. The summed E-state index contributed by atoms with van der Waals surface area (Å²) in [6.45, 7) is 1.84. The molecule has 6 heteroatoms. The third kappa shape index (κ3) is 5.82. The lowest BCUT2D eigenvalue weighted by Crippen LogP contribution is -2.41. The first-order chi connectivity index (χ1) is 9.04. The molecule has 0 aromatic heterocycles. The van der Waals surface area contributed by atoms with Gasteiger partial charge in [0.05, 0.1) is 12.4 Å². The van der Waals surface area contributed by atoms with Crippen LogP contribution in [0.25, 0.3) is 0 Å². The van der Waals surface area contributed by atoms with Gasteiger partial charge in [0.15, 0.2) is 0 Å². The Morgan fingerprint density at radius 1 is 1.37 bits per heavy atom. The van der Waals surface area contributed by atoms with Gasteiger partial charge in [-0.05, 0) is 19.8 Å². The number of amides is 1. The fourth-order valence-electron chi connectivity index (χ4n) is 2.11. The van der Waals surface area contributed by atoms with Crippen molar-refractivity contribution in [2.24, 2.45) is 5.73 Å². The summed E-state index contributed by atoms with van der Waals surface area (Å²) >= 11 is 1.39. The molecular weight excluding hydrogens is 264 g/mol. The standard InChI is InChI=1S/C13H24N2O3S/c1-9(19-8-11(14)13(17)18-2)12(16)15-10-6-4-3-5-7-10/h9-11H,3-8,14H2,1-2H3,(H,15,16). The van der Waals surface area contributed by atoms with E-state index in [0.717, 1.165) is 12.8 Å². The quantitative estimate of drug-likeness (QED) is 0.714. The van der Waals surface area contributed by atoms with Crippen LogP contribution in [0.3, 0.4) is 0 Å². The average Bonchev–Trinajstić information content (AvgIpc) is 2.44. The fraction of sp³-hybridized carbons (Fsp3) is 0.846. The summed E-state index contributed by atoms with van der Waals surface area (Å²) in [5.74, 6) is -0.00676. The summed E-state index contributed by atoms with van der Waals surface area (Å²) in [6.07, 6.45) is 5.81. The molecule has 3 N–H and O–H groups in total. The Kier molecular flexibility index (Phi) is 7.23. The van der Waals surface area contributed by atoms with Gasteiger partial charge < -0.3 is 15.8 Å². The van der Waals surface area contributed by atoms with Gasteiger partial charge in [-0.2, -0.15) is 0 Å². The van der Waals surface area contributed by atoms with Crippen LogP contribution in [-0.2, 0) is 14.3 Å². The molecule has 1 saturated carbocycles. The van der Waals surface area contributed by atoms with Crippen LogP contribution in [-0.4, -0.2) is 42.1 Å². The zero-order valence-corrected chi connectivity index (χ0v) is 12.5. The summed E-state index contributed by atoms with van der Waals surface area (Å²) in [5, 5.41) is 2.87. The van der Waals surface area contributed by atoms with Gasteiger partial charge in [0.1, 0.15) is 6.04 Å². The molecule has 1 aliphatic carbocycles. The summed E-state index contributed by atoms with van der Waals surface area (Å²) in [7, 11) is 1.31. The molecule has 1 rings (SSSR count). The maximum absolute atomic E-state index is 12.0. The number of hydrogen-bond acceptors (Lipinski definition) is 5. The second kappa shape index (κ2) is 8.43. The lowest BCUT2D eigenvalue weighted by molar-refractivity contribution is -0.141. The van der Waals surface area contributed by atoms with Crippen molar-refractivity contribution >= 4 is 23.6 Å². The number of esters is 1. The van der Waals surface area contributed by atoms with E-state index in [1.54, 1.807) is 0 Å². The third-order valence-electron chi connectivity index (χ3n) is 3.35. The summed E-state index contributed by atoms with van der Waals surface area (Å²) in [6, 6.07) is -0.349. The van der Waals surface area contributed by atoms with Crippen molar-refractivity contribution in [3.8, 4) is 0 Å². The third-order valence-corrected chi connectivity index (χ3v) is 4.62. The molecule has 0 bridgehead atoms. The Balaban J connectivity index is 2.26. The lowest BCUT2D eigenvalue weighted by Gasteiger charge is -2.24. The summed E-state index contributed by atoms with van der Waals surface area (Å²) in [5.41, 5.74) is 5.63. The molecule has 5 nitrogen and oxygen atoms in total. The Bertz CT molecular complexity index is 306. The molecule has 19 heavy (non-hydrogen) atoms. The highest BCUT2D eigenvalue weighted by atomic mass is 32.2. The summed E-state index contributed by atoms with van der Waals surface area (Å²) < 4.78 is 4.55. The molecule has 1 amide bonds. The van der Waals surface area contributed by atoms with Gasteiger partial charge in [-0.25, -0.2) is 0 Å². The van der Waals surface area contributed by atoms with E-state index >= 15 is 0 Å². The molecule has 1 aliphatic rings. The number of rotatable bonds is 6. The van der Waals surface area contributed by atoms with Crippen LogP contribution in [0.2, 0.25) is 0 Å². The molecule has 2 atom stereocenters. The number of thioether (sulfide) groups is 1. The van der Waals surface area contributed by atoms with Crippen molar-refractivity contribution in [1.82, 2.24) is 5.32 Å². The van der Waals surface area contributed by atoms with E-state index in [1.165, 1.54) is 38.1 Å². The fourth-order valence-corrected chi connectivity index (χ4v) is 2.96. The predicted molar refractivity (Wildman–Crippen MR) is 76.9 cm³/mol. The van der Waals surface area contributed by atoms with Gasteiger partial charge in [0.2, 0.25) is 5.91 Å². The first-order valence-electron chi connectivity index (χ1n) is 6.80. The van der Waals surface area contributed by atoms with Crippen LogP contribution in [0.15, 0.2) is 0 Å². The van der Waals surface area contributed by atoms with E-state index in [-0.39, 0.29) is 11.2 Å². The lowest BCUT2D eigenvalue weighted by atomic mass is 9.95. The zero-order valence-electron chi connectivity index (χ0n) is 11.7. The largest absolute Gasteiger partial charge is 0.468 e. The van der Waals surface area contributed by atoms with Crippen molar-refractivity contribution in [3.05, 3.63) is 0 Å². The molecule has 0 radical (unpaired) electrons. The second-order valence-electron chi connectivity index (χ2n) is 4.95. The molecule has 0 aliphatic heterocycles. The molecule has 2 unspecified atom stereocenters. The van der Waals surface area contributed by atoms with E-state index in [9.17, 15) is 9.59 Å². The predicted octanol–water partition coefficient (Wildman–Crippen LogP) is 1.06. The number of nitrogens with two attached hydrogens (primary N) is 1. The number of nitrogens with one attached hydrogen (secondary N) is 1. The zero-order chi connectivity index (χ0) is 14.3. The maximum atomic E-state index is 12.0. The van der Waals surface area contributed by atoms with E-state index in [4.69, 9.17) is 5.73 Å². The molecule has 0 aromatic carbocycles. The monoisotopic (exact) mass is 288 g/mol. The Labute approximate surface area is 119 Å². The van der Waals surface area contributed by atoms with Crippen LogP contribution in [0.4, 0.5) is 0 Å². The number of carbonyl (C=O) groups excluding carboxylic acids is 2. The van der Waals surface area contributed by atoms with Crippen LogP contribution in [0, 0.1) is 0 Å². The van der Waals surface area contributed by atoms with Crippen LogP contribution < -0.4 is 11.1 Å². The van der Waals surface area contributed by atoms with E-state index in [0.29, 0.717) is 11.8 Å². The van der Waals surface area contributed by atoms with Gasteiger partial charge in [-0.1, -0.05) is 19.3 Å². The molecule has 0 saturated heterocycles. The highest BCUT2D eigenvalue weighted by Gasteiger charge is 2.22. The van der Waals surface area contributed by atoms with Crippen molar-refractivity contribution in [1.29, 1.82) is 0 Å². The average molecular weight is 288 g/mol. The highest BCUT2D eigenvalue weighted by Crippen LogP contribution is 2.19. The molecule has 0 spiro atoms. The number of ether oxygens (including phenoxy) is 1. The van der Waals surface area contributed by atoms with Gasteiger partial charge in [0, 0.05) is 11.8 Å². The molecule has 1 fully saturated rings. The minimum absolute atomic E-state index is 0.0361. The van der Waals surface area contributed by atoms with Crippen molar-refractivity contribution in [2.45, 2.75) is 56.4 Å². The Morgan fingerprint density at radius 2 is 2.00 bits per heavy atom. The molecule has 110 valence electrons. The van der Waals surface area contributed by atoms with Crippen LogP contribution >= 0.6 is 11.8 Å². The first kappa shape index (κ1) is 16.3. The normalized spacial score (nSPS) is 19.5. The first-order valence-corrected chi connectivity index (χ1v) is 7.85. The Morgan fingerprint density at radius 3 is 2.58 bits per heavy atom. The number of carbonyl (C=O) groups is 2. The SMILES string of the molecule is COC(=O)C(N)CSC(C)C(=O)NC1CCCCC1. The second-order valence-corrected chi connectivity index (χ2v) is 6.32. The van der Waals surface area contributed by atoms with Gasteiger partial charge in [0.25, 0.3) is 0 Å². The smallest absolute Gasteiger partial charge is 0.323 e. The minimum Gasteiger partial charge on any atom is -0.468 e. The van der Waals surface area contributed by atoms with Crippen LogP contribution in [0.1, 0.15) is 39.0 Å². The van der Waals surface area contributed by atoms with Gasteiger partial charge in [-0.3, -0.25) is 9.59 Å². The van der Waals surface area contributed by atoms with Crippen LogP contribution in [0.5, 0.6) is 0 Å². The van der Waals surface area contributed by atoms with Gasteiger partial charge in [-0.15, -0.1) is 11.8 Å². The highest BCUT2D eigenvalue weighted by molar-refractivity contribution is 8.00. The Hall–Kier alpha value is -0.750. The minimum atomic E-state index is -0.667. The maximum Gasteiger partial charge on any atom is 0.323 e. The van der Waals surface area contributed by atoms with Crippen molar-refractivity contribution in [2.75, 3.05) is 12.9 Å². The van der Waals surface area contributed by atoms with E-state index in [2.05, 4.69) is 10.1 Å². The topological polar surface area (TPSA) is 81.4 Å². The molecular formula is C13H24N2O3S.